The van der Waals surface area contributed by atoms with E-state index in [2.05, 4.69) is 55.5 Å². The van der Waals surface area contributed by atoms with Gasteiger partial charge in [-0.25, -0.2) is 4.39 Å². The van der Waals surface area contributed by atoms with E-state index < -0.39 is 0 Å². The van der Waals surface area contributed by atoms with Crippen LogP contribution in [0, 0.1) is 19.7 Å². The number of thiocarbonyl (C=S) groups is 1. The summed E-state index contributed by atoms with van der Waals surface area (Å²) in [7, 11) is 0. The fourth-order valence-corrected chi connectivity index (χ4v) is 4.80. The minimum absolute atomic E-state index is 0.299. The molecule has 1 aromatic heterocycles. The number of hydrogen-bond donors (Lipinski definition) is 1. The molecule has 5 nitrogen and oxygen atoms in total. The fourth-order valence-electron chi connectivity index (χ4n) is 4.44. The number of halogens is 1. The molecule has 5 rings (SSSR count). The lowest BCUT2D eigenvalue weighted by atomic mass is 9.94. The molecular weight excluding hydrogens is 471 g/mol. The number of rotatable bonds is 5. The molecule has 0 amide bonds. The van der Waals surface area contributed by atoms with Crippen LogP contribution in [-0.4, -0.2) is 15.3 Å². The van der Waals surface area contributed by atoms with Crippen LogP contribution in [0.3, 0.4) is 0 Å². The fraction of sp³-hybridized carbons (Fsp3) is 0.207. The Bertz CT molecular complexity index is 1460. The molecule has 7 heteroatoms. The average molecular weight is 499 g/mol. The first kappa shape index (κ1) is 23.9. The maximum absolute atomic E-state index is 13.7. The lowest BCUT2D eigenvalue weighted by Gasteiger charge is -2.37. The first-order chi connectivity index (χ1) is 17.4. The second-order valence-corrected chi connectivity index (χ2v) is 9.40. The van der Waals surface area contributed by atoms with Crippen molar-refractivity contribution in [1.29, 1.82) is 0 Å². The zero-order valence-corrected chi connectivity index (χ0v) is 21.5. The summed E-state index contributed by atoms with van der Waals surface area (Å²) in [5, 5.41) is 8.25. The number of nitrogens with one attached hydrogen (secondary N) is 1. The molecule has 36 heavy (non-hydrogen) atoms. The first-order valence-electron chi connectivity index (χ1n) is 11.9. The van der Waals surface area contributed by atoms with Gasteiger partial charge in [-0.05, 0) is 85.9 Å². The third-order valence-electron chi connectivity index (χ3n) is 6.71. The normalized spacial score (nSPS) is 15.9. The van der Waals surface area contributed by atoms with Gasteiger partial charge in [0.25, 0.3) is 5.89 Å². The Balaban J connectivity index is 1.64. The summed E-state index contributed by atoms with van der Waals surface area (Å²) in [6.45, 7) is 8.27. The van der Waals surface area contributed by atoms with Gasteiger partial charge in [0.15, 0.2) is 5.11 Å². The molecule has 1 aliphatic heterocycles. The van der Waals surface area contributed by atoms with Crippen LogP contribution in [0.1, 0.15) is 48.0 Å². The van der Waals surface area contributed by atoms with Crippen LogP contribution in [0.25, 0.3) is 17.0 Å². The van der Waals surface area contributed by atoms with Crippen LogP contribution in [0.2, 0.25) is 0 Å². The van der Waals surface area contributed by atoms with Crippen molar-refractivity contribution in [3.05, 3.63) is 106 Å². The third-order valence-corrected chi connectivity index (χ3v) is 7.01. The molecule has 0 bridgehead atoms. The summed E-state index contributed by atoms with van der Waals surface area (Å²) in [5.74, 6) is 0.601. The van der Waals surface area contributed by atoms with Crippen molar-refractivity contribution in [2.24, 2.45) is 0 Å². The molecule has 2 heterocycles. The minimum atomic E-state index is -0.378. The Labute approximate surface area is 215 Å². The van der Waals surface area contributed by atoms with E-state index >= 15 is 0 Å². The van der Waals surface area contributed by atoms with Crippen LogP contribution in [-0.2, 0) is 6.42 Å². The maximum Gasteiger partial charge on any atom is 0.258 e. The van der Waals surface area contributed by atoms with Crippen LogP contribution < -0.4 is 10.2 Å². The van der Waals surface area contributed by atoms with Gasteiger partial charge in [0.1, 0.15) is 5.82 Å². The van der Waals surface area contributed by atoms with E-state index in [1.807, 2.05) is 30.0 Å². The highest BCUT2D eigenvalue weighted by Gasteiger charge is 2.35. The van der Waals surface area contributed by atoms with Crippen molar-refractivity contribution >= 4 is 28.6 Å². The Hall–Kier alpha value is -3.84. The molecule has 0 radical (unpaired) electrons. The van der Waals surface area contributed by atoms with Crippen LogP contribution >= 0.6 is 12.2 Å². The Morgan fingerprint density at radius 1 is 0.972 bits per heavy atom. The first-order valence-corrected chi connectivity index (χ1v) is 12.3. The molecule has 1 unspecified atom stereocenters. The van der Waals surface area contributed by atoms with Crippen molar-refractivity contribution in [3.63, 3.8) is 0 Å². The number of benzene rings is 3. The smallest absolute Gasteiger partial charge is 0.258 e. The number of allylic oxidation sites excluding steroid dienone is 1. The lowest BCUT2D eigenvalue weighted by Crippen LogP contribution is -2.46. The van der Waals surface area contributed by atoms with E-state index in [1.54, 1.807) is 12.1 Å². The third kappa shape index (κ3) is 4.42. The van der Waals surface area contributed by atoms with Gasteiger partial charge in [-0.3, -0.25) is 4.90 Å². The highest BCUT2D eigenvalue weighted by Crippen LogP contribution is 2.39. The van der Waals surface area contributed by atoms with Gasteiger partial charge in [0, 0.05) is 16.9 Å². The minimum Gasteiger partial charge on any atom is -0.351 e. The van der Waals surface area contributed by atoms with Crippen molar-refractivity contribution in [2.75, 3.05) is 4.90 Å². The summed E-state index contributed by atoms with van der Waals surface area (Å²) in [5.41, 5.74) is 7.94. The zero-order chi connectivity index (χ0) is 25.4. The molecule has 1 aliphatic rings. The largest absolute Gasteiger partial charge is 0.351 e. The predicted octanol–water partition coefficient (Wildman–Crippen LogP) is 6.92. The van der Waals surface area contributed by atoms with E-state index in [0.717, 1.165) is 34.5 Å². The number of aromatic nitrogens is 2. The quantitative estimate of drug-likeness (QED) is 0.301. The molecule has 0 aliphatic carbocycles. The number of aryl methyl sites for hydroxylation is 3. The maximum atomic E-state index is 13.7. The molecule has 1 atom stereocenters. The van der Waals surface area contributed by atoms with Crippen LogP contribution in [0.5, 0.6) is 0 Å². The second-order valence-electron chi connectivity index (χ2n) is 9.01. The highest BCUT2D eigenvalue weighted by atomic mass is 32.1. The van der Waals surface area contributed by atoms with Gasteiger partial charge < -0.3 is 9.84 Å². The van der Waals surface area contributed by atoms with Gasteiger partial charge >= 0.3 is 0 Å². The highest BCUT2D eigenvalue weighted by molar-refractivity contribution is 7.80. The molecule has 0 saturated carbocycles. The lowest BCUT2D eigenvalue weighted by molar-refractivity contribution is 0.404. The van der Waals surface area contributed by atoms with Gasteiger partial charge in [0.05, 0.1) is 11.6 Å². The summed E-state index contributed by atoms with van der Waals surface area (Å²) < 4.78 is 19.5. The monoisotopic (exact) mass is 498 g/mol. The van der Waals surface area contributed by atoms with Gasteiger partial charge in [-0.15, -0.1) is 0 Å². The van der Waals surface area contributed by atoms with Gasteiger partial charge in [-0.2, -0.15) is 4.98 Å². The van der Waals surface area contributed by atoms with E-state index in [0.29, 0.717) is 16.8 Å². The van der Waals surface area contributed by atoms with Crippen molar-refractivity contribution in [2.45, 2.75) is 40.2 Å². The molecule has 0 fully saturated rings. The van der Waals surface area contributed by atoms with E-state index in [4.69, 9.17) is 21.7 Å². The van der Waals surface area contributed by atoms with Crippen molar-refractivity contribution < 1.29 is 8.91 Å². The van der Waals surface area contributed by atoms with E-state index in [9.17, 15) is 4.39 Å². The zero-order valence-electron chi connectivity index (χ0n) is 20.7. The predicted molar refractivity (Wildman–Crippen MR) is 145 cm³/mol. The van der Waals surface area contributed by atoms with Crippen LogP contribution in [0.15, 0.2) is 77.0 Å². The summed E-state index contributed by atoms with van der Waals surface area (Å²) >= 11 is 5.81. The van der Waals surface area contributed by atoms with E-state index in [1.165, 1.54) is 28.8 Å². The van der Waals surface area contributed by atoms with Crippen molar-refractivity contribution in [3.8, 4) is 11.4 Å². The number of nitrogens with zero attached hydrogens (tertiary/aromatic N) is 3. The molecule has 1 N–H and O–H groups in total. The topological polar surface area (TPSA) is 54.2 Å². The average Bonchev–Trinajstić information content (AvgIpc) is 3.36. The molecule has 0 spiro atoms. The molecule has 182 valence electrons. The standard InChI is InChI=1S/C29H27FN4OS/c1-5-20-7-9-22(10-8-20)27-32-28(35-33-27)25-19(4)34(24-15-6-17(2)18(3)16-24)29(36)31-26(25)21-11-13-23(30)14-12-21/h6-16,26H,5H2,1-4H3,(H,31,36). The Morgan fingerprint density at radius 2 is 1.69 bits per heavy atom. The van der Waals surface area contributed by atoms with E-state index in [-0.39, 0.29) is 11.9 Å². The molecule has 0 saturated heterocycles. The Morgan fingerprint density at radius 3 is 2.36 bits per heavy atom. The van der Waals surface area contributed by atoms with Gasteiger partial charge in [0.2, 0.25) is 5.82 Å². The number of anilines is 1. The molecule has 4 aromatic rings. The van der Waals surface area contributed by atoms with Gasteiger partial charge in [-0.1, -0.05) is 54.5 Å². The van der Waals surface area contributed by atoms with Crippen molar-refractivity contribution in [1.82, 2.24) is 15.5 Å². The number of hydrogen-bond acceptors (Lipinski definition) is 4. The Kier molecular flexibility index (Phi) is 6.41. The summed E-state index contributed by atoms with van der Waals surface area (Å²) in [6, 6.07) is 20.4. The summed E-state index contributed by atoms with van der Waals surface area (Å²) in [6.07, 6.45) is 0.961. The summed E-state index contributed by atoms with van der Waals surface area (Å²) in [4.78, 5) is 6.75. The SMILES string of the molecule is CCc1ccc(-c2noc(C3=C(C)N(c4ccc(C)c(C)c4)C(=S)NC3c3ccc(F)cc3)n2)cc1. The molecular formula is C29H27FN4OS. The molecule has 3 aromatic carbocycles. The second kappa shape index (κ2) is 9.66. The van der Waals surface area contributed by atoms with Crippen LogP contribution in [0.4, 0.5) is 10.1 Å².